The molecular weight excluding hydrogens is 178 g/mol. The number of rotatable bonds is 8. The van der Waals surface area contributed by atoms with Crippen LogP contribution in [0, 0.1) is 0 Å². The lowest BCUT2D eigenvalue weighted by molar-refractivity contribution is 0.0354. The number of unbranched alkanes of at least 4 members (excludes halogenated alkanes) is 1. The van der Waals surface area contributed by atoms with E-state index in [-0.39, 0.29) is 6.10 Å². The van der Waals surface area contributed by atoms with Gasteiger partial charge in [0.05, 0.1) is 12.7 Å². The lowest BCUT2D eigenvalue weighted by Crippen LogP contribution is -2.36. The van der Waals surface area contributed by atoms with Crippen LogP contribution in [-0.4, -0.2) is 49.0 Å². The molecule has 1 fully saturated rings. The van der Waals surface area contributed by atoms with Gasteiger partial charge in [-0.1, -0.05) is 13.3 Å². The summed E-state index contributed by atoms with van der Waals surface area (Å²) in [7, 11) is 1.64. The Balaban J connectivity index is 2.20. The zero-order chi connectivity index (χ0) is 10.4. The van der Waals surface area contributed by atoms with E-state index in [2.05, 4.69) is 11.8 Å². The van der Waals surface area contributed by atoms with E-state index in [0.29, 0.717) is 6.61 Å². The van der Waals surface area contributed by atoms with Crippen LogP contribution in [0.1, 0.15) is 32.6 Å². The molecule has 0 spiro atoms. The summed E-state index contributed by atoms with van der Waals surface area (Å²) in [6.45, 7) is 4.56. The monoisotopic (exact) mass is 201 g/mol. The molecule has 0 radical (unpaired) electrons. The molecule has 0 aromatic heterocycles. The average molecular weight is 201 g/mol. The number of aliphatic hydroxyl groups excluding tert-OH is 1. The van der Waals surface area contributed by atoms with Gasteiger partial charge < -0.3 is 9.84 Å². The normalized spacial score (nSPS) is 18.9. The van der Waals surface area contributed by atoms with Crippen LogP contribution in [0.2, 0.25) is 0 Å². The number of hydrogen-bond donors (Lipinski definition) is 1. The molecule has 84 valence electrons. The summed E-state index contributed by atoms with van der Waals surface area (Å²) < 4.78 is 4.93. The summed E-state index contributed by atoms with van der Waals surface area (Å²) in [5.74, 6) is 0. The van der Waals surface area contributed by atoms with Crippen molar-refractivity contribution in [1.82, 2.24) is 4.90 Å². The predicted octanol–water partition coefficient (Wildman–Crippen LogP) is 1.26. The summed E-state index contributed by atoms with van der Waals surface area (Å²) in [4.78, 5) is 2.41. The van der Waals surface area contributed by atoms with E-state index >= 15 is 0 Å². The van der Waals surface area contributed by atoms with Gasteiger partial charge in [-0.05, 0) is 25.8 Å². The van der Waals surface area contributed by atoms with Crippen LogP contribution in [0.4, 0.5) is 0 Å². The second kappa shape index (κ2) is 6.38. The summed E-state index contributed by atoms with van der Waals surface area (Å²) in [5, 5.41) is 9.63. The Morgan fingerprint density at radius 1 is 1.50 bits per heavy atom. The van der Waals surface area contributed by atoms with Crippen molar-refractivity contribution < 1.29 is 9.84 Å². The van der Waals surface area contributed by atoms with Gasteiger partial charge in [-0.25, -0.2) is 0 Å². The molecule has 1 atom stereocenters. The van der Waals surface area contributed by atoms with Crippen LogP contribution in [0.3, 0.4) is 0 Å². The standard InChI is InChI=1S/C11H23NO2/c1-3-4-7-12(10-5-6-10)8-11(13)9-14-2/h10-11,13H,3-9H2,1-2H3. The smallest absolute Gasteiger partial charge is 0.0900 e. The first-order valence-corrected chi connectivity index (χ1v) is 5.69. The van der Waals surface area contributed by atoms with Gasteiger partial charge in [0, 0.05) is 19.7 Å². The molecule has 1 unspecified atom stereocenters. The maximum absolute atomic E-state index is 9.63. The zero-order valence-electron chi connectivity index (χ0n) is 9.41. The summed E-state index contributed by atoms with van der Waals surface area (Å²) in [6.07, 6.45) is 4.75. The molecule has 0 saturated heterocycles. The molecule has 0 amide bonds. The Kier molecular flexibility index (Phi) is 5.45. The van der Waals surface area contributed by atoms with Crippen LogP contribution in [0.15, 0.2) is 0 Å². The Morgan fingerprint density at radius 2 is 2.21 bits per heavy atom. The molecule has 0 aliphatic heterocycles. The van der Waals surface area contributed by atoms with Gasteiger partial charge in [0.1, 0.15) is 0 Å². The zero-order valence-corrected chi connectivity index (χ0v) is 9.41. The van der Waals surface area contributed by atoms with E-state index < -0.39 is 0 Å². The van der Waals surface area contributed by atoms with Crippen LogP contribution in [0.5, 0.6) is 0 Å². The van der Waals surface area contributed by atoms with Crippen LogP contribution >= 0.6 is 0 Å². The first-order chi connectivity index (χ1) is 6.77. The Hall–Kier alpha value is -0.120. The van der Waals surface area contributed by atoms with E-state index in [1.807, 2.05) is 0 Å². The van der Waals surface area contributed by atoms with Gasteiger partial charge in [0.2, 0.25) is 0 Å². The Bertz CT molecular complexity index is 148. The molecule has 14 heavy (non-hydrogen) atoms. The first-order valence-electron chi connectivity index (χ1n) is 5.69. The minimum Gasteiger partial charge on any atom is -0.389 e. The Labute approximate surface area is 87.1 Å². The maximum Gasteiger partial charge on any atom is 0.0900 e. The average Bonchev–Trinajstić information content (AvgIpc) is 2.95. The van der Waals surface area contributed by atoms with Gasteiger partial charge in [0.15, 0.2) is 0 Å². The molecule has 0 aromatic rings. The highest BCUT2D eigenvalue weighted by Crippen LogP contribution is 2.27. The number of aliphatic hydroxyl groups is 1. The highest BCUT2D eigenvalue weighted by molar-refractivity contribution is 4.85. The van der Waals surface area contributed by atoms with Crippen molar-refractivity contribution in [2.24, 2.45) is 0 Å². The summed E-state index contributed by atoms with van der Waals surface area (Å²) in [5.41, 5.74) is 0. The molecule has 1 rings (SSSR count). The molecule has 1 aliphatic carbocycles. The van der Waals surface area contributed by atoms with Crippen LogP contribution in [-0.2, 0) is 4.74 Å². The number of hydrogen-bond acceptors (Lipinski definition) is 3. The fraction of sp³-hybridized carbons (Fsp3) is 1.00. The number of ether oxygens (including phenoxy) is 1. The second-order valence-electron chi connectivity index (χ2n) is 4.19. The van der Waals surface area contributed by atoms with Gasteiger partial charge in [-0.2, -0.15) is 0 Å². The fourth-order valence-corrected chi connectivity index (χ4v) is 1.74. The van der Waals surface area contributed by atoms with Crippen molar-refractivity contribution in [1.29, 1.82) is 0 Å². The molecule has 1 saturated carbocycles. The molecule has 3 heteroatoms. The lowest BCUT2D eigenvalue weighted by Gasteiger charge is -2.24. The topological polar surface area (TPSA) is 32.7 Å². The van der Waals surface area contributed by atoms with E-state index in [4.69, 9.17) is 4.74 Å². The van der Waals surface area contributed by atoms with Crippen molar-refractivity contribution in [3.05, 3.63) is 0 Å². The highest BCUT2D eigenvalue weighted by Gasteiger charge is 2.29. The minimum absolute atomic E-state index is 0.322. The molecule has 0 heterocycles. The van der Waals surface area contributed by atoms with Crippen molar-refractivity contribution in [2.45, 2.75) is 44.8 Å². The number of methoxy groups -OCH3 is 1. The number of nitrogens with zero attached hydrogens (tertiary/aromatic N) is 1. The van der Waals surface area contributed by atoms with E-state index in [1.165, 1.54) is 25.7 Å². The molecular formula is C11H23NO2. The quantitative estimate of drug-likeness (QED) is 0.641. The molecule has 0 bridgehead atoms. The summed E-state index contributed by atoms with van der Waals surface area (Å²) in [6, 6.07) is 0.744. The van der Waals surface area contributed by atoms with Crippen LogP contribution < -0.4 is 0 Å². The SMILES string of the molecule is CCCCN(CC(O)COC)C1CC1. The van der Waals surface area contributed by atoms with Crippen molar-refractivity contribution in [3.8, 4) is 0 Å². The van der Waals surface area contributed by atoms with Crippen molar-refractivity contribution in [3.63, 3.8) is 0 Å². The fourth-order valence-electron chi connectivity index (χ4n) is 1.74. The minimum atomic E-state index is -0.322. The third-order valence-corrected chi connectivity index (χ3v) is 2.67. The highest BCUT2D eigenvalue weighted by atomic mass is 16.5. The van der Waals surface area contributed by atoms with Crippen molar-refractivity contribution >= 4 is 0 Å². The summed E-state index contributed by atoms with van der Waals surface area (Å²) >= 11 is 0. The largest absolute Gasteiger partial charge is 0.389 e. The third-order valence-electron chi connectivity index (χ3n) is 2.67. The van der Waals surface area contributed by atoms with E-state index in [9.17, 15) is 5.11 Å². The molecule has 1 N–H and O–H groups in total. The maximum atomic E-state index is 9.63. The third kappa shape index (κ3) is 4.40. The van der Waals surface area contributed by atoms with Gasteiger partial charge >= 0.3 is 0 Å². The van der Waals surface area contributed by atoms with Gasteiger partial charge in [-0.15, -0.1) is 0 Å². The van der Waals surface area contributed by atoms with Crippen LogP contribution in [0.25, 0.3) is 0 Å². The van der Waals surface area contributed by atoms with E-state index in [1.54, 1.807) is 7.11 Å². The molecule has 3 nitrogen and oxygen atoms in total. The first kappa shape index (κ1) is 12.0. The van der Waals surface area contributed by atoms with E-state index in [0.717, 1.165) is 19.1 Å². The van der Waals surface area contributed by atoms with Gasteiger partial charge in [0.25, 0.3) is 0 Å². The molecule has 1 aliphatic rings. The van der Waals surface area contributed by atoms with Gasteiger partial charge in [-0.3, -0.25) is 4.90 Å². The second-order valence-corrected chi connectivity index (χ2v) is 4.19. The Morgan fingerprint density at radius 3 is 2.71 bits per heavy atom. The molecule has 0 aromatic carbocycles. The lowest BCUT2D eigenvalue weighted by atomic mass is 10.2. The predicted molar refractivity (Wildman–Crippen MR) is 57.4 cm³/mol. The van der Waals surface area contributed by atoms with Crippen molar-refractivity contribution in [2.75, 3.05) is 26.8 Å².